The number of hydrogen-bond donors (Lipinski definition) is 2. The molecule has 0 aliphatic rings. The summed E-state index contributed by atoms with van der Waals surface area (Å²) in [5.74, 6) is 0.932. The highest BCUT2D eigenvalue weighted by Crippen LogP contribution is 2.41. The van der Waals surface area contributed by atoms with Crippen molar-refractivity contribution in [3.05, 3.63) is 64.2 Å². The van der Waals surface area contributed by atoms with Gasteiger partial charge in [-0.05, 0) is 91.7 Å². The SMILES string of the molecule is C#C.CC.CCC.CCC(CC)(c1ccc(CCC(O)C(C)(C)C)c(C)c1)c1ccc(OCCCCO)c(C)c1. The first-order chi connectivity index (χ1) is 19.0. The average molecular weight is 555 g/mol. The van der Waals surface area contributed by atoms with Crippen LogP contribution in [0.5, 0.6) is 5.75 Å². The van der Waals surface area contributed by atoms with Crippen LogP contribution in [0.25, 0.3) is 0 Å². The number of aryl methyl sites for hydroxylation is 3. The van der Waals surface area contributed by atoms with Gasteiger partial charge in [0.15, 0.2) is 0 Å². The van der Waals surface area contributed by atoms with E-state index in [1.54, 1.807) is 0 Å². The molecule has 3 heteroatoms. The molecule has 40 heavy (non-hydrogen) atoms. The van der Waals surface area contributed by atoms with Crippen molar-refractivity contribution in [3.63, 3.8) is 0 Å². The number of ether oxygens (including phenoxy) is 1. The van der Waals surface area contributed by atoms with E-state index in [0.717, 1.165) is 49.8 Å². The van der Waals surface area contributed by atoms with Crippen molar-refractivity contribution in [1.82, 2.24) is 0 Å². The zero-order valence-corrected chi connectivity index (χ0v) is 27.9. The van der Waals surface area contributed by atoms with Gasteiger partial charge in [-0.2, -0.15) is 0 Å². The lowest BCUT2D eigenvalue weighted by atomic mass is 9.69. The molecule has 2 aromatic carbocycles. The molecule has 0 aliphatic heterocycles. The van der Waals surface area contributed by atoms with Gasteiger partial charge in [-0.1, -0.05) is 99.1 Å². The zero-order chi connectivity index (χ0) is 31.4. The quantitative estimate of drug-likeness (QED) is 0.203. The molecule has 0 saturated heterocycles. The number of aliphatic hydroxyl groups excluding tert-OH is 2. The molecule has 0 spiro atoms. The summed E-state index contributed by atoms with van der Waals surface area (Å²) in [5, 5.41) is 19.4. The third kappa shape index (κ3) is 12.5. The highest BCUT2D eigenvalue weighted by atomic mass is 16.5. The van der Waals surface area contributed by atoms with Crippen molar-refractivity contribution in [3.8, 4) is 18.6 Å². The van der Waals surface area contributed by atoms with Gasteiger partial charge in [-0.3, -0.25) is 0 Å². The van der Waals surface area contributed by atoms with Crippen molar-refractivity contribution in [2.45, 2.75) is 133 Å². The number of benzene rings is 2. The second-order valence-corrected chi connectivity index (χ2v) is 11.3. The summed E-state index contributed by atoms with van der Waals surface area (Å²) in [7, 11) is 0. The number of unbranched alkanes of at least 4 members (excludes halogenated alkanes) is 1. The molecule has 1 atom stereocenters. The topological polar surface area (TPSA) is 49.7 Å². The first-order valence-corrected chi connectivity index (χ1v) is 15.5. The minimum absolute atomic E-state index is 0.0333. The van der Waals surface area contributed by atoms with E-state index in [1.165, 1.54) is 28.7 Å². The Morgan fingerprint density at radius 2 is 1.32 bits per heavy atom. The summed E-state index contributed by atoms with van der Waals surface area (Å²) in [5.41, 5.74) is 6.37. The van der Waals surface area contributed by atoms with E-state index in [9.17, 15) is 5.11 Å². The smallest absolute Gasteiger partial charge is 0.122 e. The lowest BCUT2D eigenvalue weighted by molar-refractivity contribution is 0.0560. The molecule has 228 valence electrons. The molecule has 0 saturated carbocycles. The van der Waals surface area contributed by atoms with Gasteiger partial charge in [0.05, 0.1) is 12.7 Å². The van der Waals surface area contributed by atoms with Gasteiger partial charge < -0.3 is 14.9 Å². The van der Waals surface area contributed by atoms with Crippen LogP contribution in [0.3, 0.4) is 0 Å². The first kappa shape index (κ1) is 39.9. The Kier molecular flexibility index (Phi) is 21.4. The normalized spacial score (nSPS) is 11.6. The van der Waals surface area contributed by atoms with Gasteiger partial charge in [0, 0.05) is 12.0 Å². The number of terminal acetylenes is 1. The molecule has 0 bridgehead atoms. The predicted molar refractivity (Wildman–Crippen MR) is 177 cm³/mol. The molecule has 0 fully saturated rings. The molecule has 3 nitrogen and oxygen atoms in total. The molecule has 2 aromatic rings. The van der Waals surface area contributed by atoms with Crippen LogP contribution in [0, 0.1) is 32.1 Å². The van der Waals surface area contributed by atoms with Crippen LogP contribution >= 0.6 is 0 Å². The predicted octanol–water partition coefficient (Wildman–Crippen LogP) is 9.59. The zero-order valence-electron chi connectivity index (χ0n) is 27.9. The average Bonchev–Trinajstić information content (AvgIpc) is 2.94. The lowest BCUT2D eigenvalue weighted by Gasteiger charge is -2.34. The molecular formula is C37H62O3. The molecule has 1 unspecified atom stereocenters. The summed E-state index contributed by atoms with van der Waals surface area (Å²) in [4.78, 5) is 0. The number of hydrogen-bond acceptors (Lipinski definition) is 3. The minimum Gasteiger partial charge on any atom is -0.493 e. The highest BCUT2D eigenvalue weighted by molar-refractivity contribution is 5.47. The van der Waals surface area contributed by atoms with Crippen LogP contribution in [0.4, 0.5) is 0 Å². The van der Waals surface area contributed by atoms with Crippen LogP contribution in [0.15, 0.2) is 36.4 Å². The monoisotopic (exact) mass is 554 g/mol. The van der Waals surface area contributed by atoms with Crippen LogP contribution in [0.1, 0.15) is 129 Å². The molecule has 0 aromatic heterocycles. The fourth-order valence-corrected chi connectivity index (χ4v) is 4.74. The summed E-state index contributed by atoms with van der Waals surface area (Å²) in [6.45, 7) is 24.3. The van der Waals surface area contributed by atoms with E-state index in [1.807, 2.05) is 13.8 Å². The van der Waals surface area contributed by atoms with Gasteiger partial charge in [0.1, 0.15) is 5.75 Å². The van der Waals surface area contributed by atoms with E-state index < -0.39 is 0 Å². The third-order valence-electron chi connectivity index (χ3n) is 7.33. The van der Waals surface area contributed by atoms with Crippen molar-refractivity contribution < 1.29 is 14.9 Å². The van der Waals surface area contributed by atoms with Crippen LogP contribution in [0.2, 0.25) is 0 Å². The van der Waals surface area contributed by atoms with Crippen molar-refractivity contribution in [2.24, 2.45) is 5.41 Å². The minimum atomic E-state index is -0.297. The summed E-state index contributed by atoms with van der Waals surface area (Å²) in [6.07, 6.45) is 14.3. The molecule has 2 N–H and O–H groups in total. The van der Waals surface area contributed by atoms with E-state index in [-0.39, 0.29) is 23.5 Å². The van der Waals surface area contributed by atoms with E-state index >= 15 is 0 Å². The number of aliphatic hydroxyl groups is 2. The van der Waals surface area contributed by atoms with Gasteiger partial charge >= 0.3 is 0 Å². The Balaban J connectivity index is 0. The summed E-state index contributed by atoms with van der Waals surface area (Å²) in [6, 6.07) is 13.6. The number of rotatable bonds is 12. The van der Waals surface area contributed by atoms with Crippen LogP contribution < -0.4 is 4.74 Å². The molecule has 0 heterocycles. The van der Waals surface area contributed by atoms with Crippen LogP contribution in [-0.2, 0) is 11.8 Å². The molecule has 0 amide bonds. The summed E-state index contributed by atoms with van der Waals surface area (Å²) >= 11 is 0. The molecular weight excluding hydrogens is 492 g/mol. The van der Waals surface area contributed by atoms with E-state index in [4.69, 9.17) is 9.84 Å². The maximum Gasteiger partial charge on any atom is 0.122 e. The van der Waals surface area contributed by atoms with Gasteiger partial charge in [-0.25, -0.2) is 0 Å². The van der Waals surface area contributed by atoms with Gasteiger partial charge in [-0.15, -0.1) is 12.8 Å². The maximum absolute atomic E-state index is 10.5. The lowest BCUT2D eigenvalue weighted by Crippen LogP contribution is -2.27. The van der Waals surface area contributed by atoms with Crippen LogP contribution in [-0.4, -0.2) is 29.5 Å². The van der Waals surface area contributed by atoms with E-state index in [2.05, 4.69) is 112 Å². The van der Waals surface area contributed by atoms with Gasteiger partial charge in [0.25, 0.3) is 0 Å². The third-order valence-corrected chi connectivity index (χ3v) is 7.33. The van der Waals surface area contributed by atoms with Crippen molar-refractivity contribution in [2.75, 3.05) is 13.2 Å². The maximum atomic E-state index is 10.5. The summed E-state index contributed by atoms with van der Waals surface area (Å²) < 4.78 is 5.95. The second-order valence-electron chi connectivity index (χ2n) is 11.3. The van der Waals surface area contributed by atoms with Crippen molar-refractivity contribution in [1.29, 1.82) is 0 Å². The first-order valence-electron chi connectivity index (χ1n) is 15.5. The standard InChI is InChI=1S/C30H46O3.C3H8.C2H6.C2H2/c1-8-30(9-2,26-15-16-27(23(4)21-26)33-19-11-10-18-31)25-14-12-24(22(3)20-25)13-17-28(32)29(5,6)7;1-3-2;2*1-2/h12,14-16,20-21,28,31-32H,8-11,13,17-19H2,1-7H3;3H2,1-2H3;1-2H3;1-2H. The highest BCUT2D eigenvalue weighted by Gasteiger charge is 2.31. The Labute approximate surface area is 248 Å². The fraction of sp³-hybridized carbons (Fsp3) is 0.622. The Morgan fingerprint density at radius 3 is 1.75 bits per heavy atom. The Hall–Kier alpha value is -2.28. The molecule has 0 radical (unpaired) electrons. The van der Waals surface area contributed by atoms with Crippen molar-refractivity contribution >= 4 is 0 Å². The Morgan fingerprint density at radius 1 is 0.825 bits per heavy atom. The Bertz CT molecular complexity index is 932. The van der Waals surface area contributed by atoms with E-state index in [0.29, 0.717) is 6.61 Å². The fourth-order valence-electron chi connectivity index (χ4n) is 4.74. The molecule has 0 aliphatic carbocycles. The second kappa shape index (κ2) is 21.5. The largest absolute Gasteiger partial charge is 0.493 e. The van der Waals surface area contributed by atoms with Gasteiger partial charge in [0.2, 0.25) is 0 Å². The molecule has 2 rings (SSSR count).